The van der Waals surface area contributed by atoms with Crippen LogP contribution in [0.1, 0.15) is 32.3 Å². The molecule has 134 valence electrons. The predicted molar refractivity (Wildman–Crippen MR) is 103 cm³/mol. The van der Waals surface area contributed by atoms with Crippen LogP contribution in [-0.2, 0) is 14.8 Å². The van der Waals surface area contributed by atoms with Crippen molar-refractivity contribution < 1.29 is 13.2 Å². The molecule has 1 amide bonds. The minimum absolute atomic E-state index is 0.108. The Hall–Kier alpha value is -1.70. The molecular weight excluding hydrogens is 404 g/mol. The Morgan fingerprint density at radius 1 is 0.960 bits per heavy atom. The molecule has 0 aliphatic carbocycles. The number of halogens is 1. The molecule has 5 nitrogen and oxygen atoms in total. The van der Waals surface area contributed by atoms with Crippen molar-refractivity contribution in [3.63, 3.8) is 0 Å². The highest BCUT2D eigenvalue weighted by Crippen LogP contribution is 2.18. The van der Waals surface area contributed by atoms with E-state index in [9.17, 15) is 13.2 Å². The highest BCUT2D eigenvalue weighted by Gasteiger charge is 2.22. The summed E-state index contributed by atoms with van der Waals surface area (Å²) in [5, 5.41) is 2.72. The third-order valence-corrected chi connectivity index (χ3v) is 5.78. The normalized spacial score (nSPS) is 12.8. The molecule has 0 aliphatic heterocycles. The summed E-state index contributed by atoms with van der Waals surface area (Å²) in [5.74, 6) is -0.0145. The second-order valence-electron chi connectivity index (χ2n) is 6.06. The van der Waals surface area contributed by atoms with Crippen molar-refractivity contribution in [3.8, 4) is 0 Å². The summed E-state index contributed by atoms with van der Waals surface area (Å²) in [4.78, 5) is 12.4. The predicted octanol–water partition coefficient (Wildman–Crippen LogP) is 3.88. The number of hydrogen-bond acceptors (Lipinski definition) is 3. The summed E-state index contributed by atoms with van der Waals surface area (Å²) >= 11 is 3.26. The molecule has 1 atom stereocenters. The van der Waals surface area contributed by atoms with Gasteiger partial charge in [-0.2, -0.15) is 4.72 Å². The van der Waals surface area contributed by atoms with E-state index in [1.807, 2.05) is 24.3 Å². The summed E-state index contributed by atoms with van der Waals surface area (Å²) in [6.45, 7) is 5.69. The highest BCUT2D eigenvalue weighted by atomic mass is 79.9. The number of nitrogens with one attached hydrogen (secondary N) is 2. The molecule has 0 aliphatic rings. The molecular formula is C18H21BrN2O3S. The minimum Gasteiger partial charge on any atom is -0.325 e. The molecule has 2 N–H and O–H groups in total. The molecule has 0 unspecified atom stereocenters. The lowest BCUT2D eigenvalue weighted by molar-refractivity contribution is -0.117. The van der Waals surface area contributed by atoms with E-state index in [0.717, 1.165) is 4.47 Å². The van der Waals surface area contributed by atoms with E-state index in [4.69, 9.17) is 0 Å². The van der Waals surface area contributed by atoms with E-state index in [1.165, 1.54) is 24.6 Å². The second kappa shape index (κ2) is 8.12. The number of amides is 1. The Balaban J connectivity index is 2.03. The first-order valence-electron chi connectivity index (χ1n) is 7.88. The number of rotatable bonds is 6. The van der Waals surface area contributed by atoms with Crippen LogP contribution >= 0.6 is 15.9 Å². The van der Waals surface area contributed by atoms with Crippen molar-refractivity contribution in [1.29, 1.82) is 0 Å². The SMILES string of the molecule is CC(C)c1ccc(NC(=O)[C@@H](C)NS(=O)(=O)c2ccc(Br)cc2)cc1. The molecule has 0 aromatic heterocycles. The van der Waals surface area contributed by atoms with E-state index in [-0.39, 0.29) is 4.90 Å². The number of anilines is 1. The zero-order valence-electron chi connectivity index (χ0n) is 14.3. The Morgan fingerprint density at radius 2 is 1.52 bits per heavy atom. The lowest BCUT2D eigenvalue weighted by atomic mass is 10.0. The van der Waals surface area contributed by atoms with E-state index >= 15 is 0 Å². The molecule has 0 spiro atoms. The first-order chi connectivity index (χ1) is 11.7. The molecule has 0 heterocycles. The van der Waals surface area contributed by atoms with Crippen molar-refractivity contribution in [2.75, 3.05) is 5.32 Å². The molecule has 25 heavy (non-hydrogen) atoms. The lowest BCUT2D eigenvalue weighted by Gasteiger charge is -2.15. The first-order valence-corrected chi connectivity index (χ1v) is 10.2. The number of sulfonamides is 1. The van der Waals surface area contributed by atoms with E-state index in [1.54, 1.807) is 12.1 Å². The van der Waals surface area contributed by atoms with Gasteiger partial charge in [-0.1, -0.05) is 41.9 Å². The van der Waals surface area contributed by atoms with Gasteiger partial charge in [-0.25, -0.2) is 8.42 Å². The fourth-order valence-corrected chi connectivity index (χ4v) is 3.64. The average molecular weight is 425 g/mol. The summed E-state index contributed by atoms with van der Waals surface area (Å²) in [7, 11) is -3.76. The van der Waals surface area contributed by atoms with E-state index < -0.39 is 22.0 Å². The van der Waals surface area contributed by atoms with Gasteiger partial charge in [0.2, 0.25) is 15.9 Å². The van der Waals surface area contributed by atoms with Crippen molar-refractivity contribution >= 4 is 37.5 Å². The van der Waals surface area contributed by atoms with Crippen molar-refractivity contribution in [3.05, 3.63) is 58.6 Å². The molecule has 0 radical (unpaired) electrons. The molecule has 7 heteroatoms. The zero-order chi connectivity index (χ0) is 18.6. The van der Waals surface area contributed by atoms with Crippen LogP contribution in [0.2, 0.25) is 0 Å². The highest BCUT2D eigenvalue weighted by molar-refractivity contribution is 9.10. The van der Waals surface area contributed by atoms with Crippen LogP contribution in [0.15, 0.2) is 57.9 Å². The third kappa shape index (κ3) is 5.39. The molecule has 0 fully saturated rings. The molecule has 0 saturated heterocycles. The third-order valence-electron chi connectivity index (χ3n) is 3.69. The van der Waals surface area contributed by atoms with Gasteiger partial charge in [0.1, 0.15) is 0 Å². The van der Waals surface area contributed by atoms with Crippen LogP contribution in [0.25, 0.3) is 0 Å². The van der Waals surface area contributed by atoms with Gasteiger partial charge < -0.3 is 5.32 Å². The van der Waals surface area contributed by atoms with Crippen LogP contribution in [0.5, 0.6) is 0 Å². The van der Waals surface area contributed by atoms with Gasteiger partial charge in [-0.05, 0) is 54.8 Å². The molecule has 0 bridgehead atoms. The molecule has 0 saturated carbocycles. The number of benzene rings is 2. The van der Waals surface area contributed by atoms with Crippen molar-refractivity contribution in [1.82, 2.24) is 4.72 Å². The Labute approximate surface area is 157 Å². The maximum absolute atomic E-state index is 12.3. The van der Waals surface area contributed by atoms with Gasteiger partial charge in [0.05, 0.1) is 10.9 Å². The standard InChI is InChI=1S/C18H21BrN2O3S/c1-12(2)14-4-8-16(9-5-14)20-18(22)13(3)21-25(23,24)17-10-6-15(19)7-11-17/h4-13,21H,1-3H3,(H,20,22)/t13-/m1/s1. The average Bonchev–Trinajstić information content (AvgIpc) is 2.55. The maximum Gasteiger partial charge on any atom is 0.242 e. The summed E-state index contributed by atoms with van der Waals surface area (Å²) in [6.07, 6.45) is 0. The van der Waals surface area contributed by atoms with Crippen LogP contribution < -0.4 is 10.0 Å². The monoisotopic (exact) mass is 424 g/mol. The van der Waals surface area contributed by atoms with Gasteiger partial charge >= 0.3 is 0 Å². The van der Waals surface area contributed by atoms with Crippen molar-refractivity contribution in [2.45, 2.75) is 37.6 Å². The first kappa shape index (κ1) is 19.6. The molecule has 2 rings (SSSR count). The number of carbonyl (C=O) groups is 1. The Morgan fingerprint density at radius 3 is 2.04 bits per heavy atom. The Bertz CT molecular complexity index is 832. The van der Waals surface area contributed by atoms with Crippen LogP contribution in [0.3, 0.4) is 0 Å². The van der Waals surface area contributed by atoms with Crippen LogP contribution in [0, 0.1) is 0 Å². The largest absolute Gasteiger partial charge is 0.325 e. The quantitative estimate of drug-likeness (QED) is 0.738. The van der Waals surface area contributed by atoms with Crippen molar-refractivity contribution in [2.24, 2.45) is 0 Å². The minimum atomic E-state index is -3.76. The summed E-state index contributed by atoms with van der Waals surface area (Å²) < 4.78 is 27.8. The fourth-order valence-electron chi connectivity index (χ4n) is 2.17. The van der Waals surface area contributed by atoms with Gasteiger partial charge in [0.15, 0.2) is 0 Å². The molecule has 2 aromatic rings. The Kier molecular flexibility index (Phi) is 6.37. The van der Waals surface area contributed by atoms with E-state index in [2.05, 4.69) is 39.8 Å². The van der Waals surface area contributed by atoms with Crippen LogP contribution in [-0.4, -0.2) is 20.4 Å². The zero-order valence-corrected chi connectivity index (χ0v) is 16.7. The second-order valence-corrected chi connectivity index (χ2v) is 8.69. The smallest absolute Gasteiger partial charge is 0.242 e. The van der Waals surface area contributed by atoms with Gasteiger partial charge in [-0.15, -0.1) is 0 Å². The molecule has 2 aromatic carbocycles. The summed E-state index contributed by atoms with van der Waals surface area (Å²) in [5.41, 5.74) is 1.80. The van der Waals surface area contributed by atoms with E-state index in [0.29, 0.717) is 11.6 Å². The number of hydrogen-bond donors (Lipinski definition) is 2. The number of carbonyl (C=O) groups excluding carboxylic acids is 1. The van der Waals surface area contributed by atoms with Gasteiger partial charge in [-0.3, -0.25) is 4.79 Å². The topological polar surface area (TPSA) is 75.3 Å². The van der Waals surface area contributed by atoms with Gasteiger partial charge in [0.25, 0.3) is 0 Å². The summed E-state index contributed by atoms with van der Waals surface area (Å²) in [6, 6.07) is 12.8. The van der Waals surface area contributed by atoms with Gasteiger partial charge in [0, 0.05) is 10.2 Å². The lowest BCUT2D eigenvalue weighted by Crippen LogP contribution is -2.41. The van der Waals surface area contributed by atoms with Crippen LogP contribution in [0.4, 0.5) is 5.69 Å². The fraction of sp³-hybridized carbons (Fsp3) is 0.278. The maximum atomic E-state index is 12.3.